The van der Waals surface area contributed by atoms with Crippen LogP contribution >= 0.6 is 0 Å². The van der Waals surface area contributed by atoms with Gasteiger partial charge < -0.3 is 10.0 Å². The van der Waals surface area contributed by atoms with E-state index in [2.05, 4.69) is 0 Å². The molecule has 1 unspecified atom stereocenters. The first-order valence-corrected chi connectivity index (χ1v) is 6.68. The van der Waals surface area contributed by atoms with Crippen molar-refractivity contribution in [1.29, 1.82) is 0 Å². The third kappa shape index (κ3) is 2.11. The van der Waals surface area contributed by atoms with Crippen molar-refractivity contribution in [2.24, 2.45) is 5.92 Å². The van der Waals surface area contributed by atoms with Crippen molar-refractivity contribution < 1.29 is 14.7 Å². The lowest BCUT2D eigenvalue weighted by Gasteiger charge is -2.18. The number of carbonyl (C=O) groups is 2. The molecule has 0 radical (unpaired) electrons. The lowest BCUT2D eigenvalue weighted by Crippen LogP contribution is -2.20. The van der Waals surface area contributed by atoms with Crippen LogP contribution in [0.25, 0.3) is 0 Å². The molecular weight excluding hydrogens is 242 g/mol. The van der Waals surface area contributed by atoms with E-state index in [0.717, 1.165) is 29.7 Å². The van der Waals surface area contributed by atoms with E-state index >= 15 is 0 Å². The first kappa shape index (κ1) is 12.2. The van der Waals surface area contributed by atoms with E-state index in [1.807, 2.05) is 18.2 Å². The Morgan fingerprint density at radius 3 is 2.84 bits per heavy atom. The van der Waals surface area contributed by atoms with Crippen LogP contribution in [0.4, 0.5) is 5.69 Å². The number of hydrogen-bond acceptors (Lipinski definition) is 2. The lowest BCUT2D eigenvalue weighted by molar-refractivity contribution is -0.137. The zero-order valence-corrected chi connectivity index (χ0v) is 10.9. The van der Waals surface area contributed by atoms with E-state index in [4.69, 9.17) is 5.11 Å². The molecule has 0 saturated heterocycles. The minimum atomic E-state index is -0.757. The van der Waals surface area contributed by atoms with Gasteiger partial charge in [0.1, 0.15) is 0 Å². The molecule has 1 fully saturated rings. The number of benzene rings is 1. The summed E-state index contributed by atoms with van der Waals surface area (Å²) in [6, 6.07) is 5.87. The minimum Gasteiger partial charge on any atom is -0.481 e. The fraction of sp³-hybridized carbons (Fsp3) is 0.467. The number of anilines is 1. The van der Waals surface area contributed by atoms with Crippen molar-refractivity contribution in [2.45, 2.75) is 31.6 Å². The first-order valence-electron chi connectivity index (χ1n) is 6.68. The average Bonchev–Trinajstić information content (AvgIpc) is 3.15. The quantitative estimate of drug-likeness (QED) is 0.901. The van der Waals surface area contributed by atoms with Crippen LogP contribution < -0.4 is 4.90 Å². The Morgan fingerprint density at radius 1 is 1.47 bits per heavy atom. The van der Waals surface area contributed by atoms with Crippen LogP contribution in [0, 0.1) is 5.92 Å². The Hall–Kier alpha value is -1.84. The number of carboxylic acid groups (broad SMARTS) is 1. The van der Waals surface area contributed by atoms with Gasteiger partial charge in [-0.1, -0.05) is 12.1 Å². The Labute approximate surface area is 112 Å². The summed E-state index contributed by atoms with van der Waals surface area (Å²) < 4.78 is 0. The van der Waals surface area contributed by atoms with Gasteiger partial charge in [-0.3, -0.25) is 9.59 Å². The van der Waals surface area contributed by atoms with Crippen molar-refractivity contribution in [3.8, 4) is 0 Å². The number of fused-ring (bicyclic) bond motifs is 1. The highest BCUT2D eigenvalue weighted by molar-refractivity contribution is 6.01. The molecule has 1 aliphatic heterocycles. The number of carbonyl (C=O) groups excluding carboxylic acids is 1. The predicted molar refractivity (Wildman–Crippen MR) is 71.3 cm³/mol. The van der Waals surface area contributed by atoms with E-state index in [1.165, 1.54) is 0 Å². The van der Waals surface area contributed by atoms with Crippen LogP contribution in [0.3, 0.4) is 0 Å². The molecule has 0 spiro atoms. The molecule has 0 bridgehead atoms. The van der Waals surface area contributed by atoms with Crippen molar-refractivity contribution in [3.63, 3.8) is 0 Å². The van der Waals surface area contributed by atoms with Gasteiger partial charge in [-0.15, -0.1) is 0 Å². The summed E-state index contributed by atoms with van der Waals surface area (Å²) in [7, 11) is 1.78. The van der Waals surface area contributed by atoms with Gasteiger partial charge >= 0.3 is 5.97 Å². The Bertz CT molecular complexity index is 548. The first-order chi connectivity index (χ1) is 9.08. The maximum absolute atomic E-state index is 11.8. The Balaban J connectivity index is 2.01. The largest absolute Gasteiger partial charge is 0.481 e. The molecule has 19 heavy (non-hydrogen) atoms. The van der Waals surface area contributed by atoms with Gasteiger partial charge in [0.05, 0.1) is 12.8 Å². The Kier molecular flexibility index (Phi) is 2.81. The maximum atomic E-state index is 11.8. The van der Waals surface area contributed by atoms with Crippen LogP contribution in [0.5, 0.6) is 0 Å². The monoisotopic (exact) mass is 259 g/mol. The number of aliphatic carboxylic acids is 1. The second kappa shape index (κ2) is 4.37. The van der Waals surface area contributed by atoms with Crippen LogP contribution in [-0.2, 0) is 16.0 Å². The van der Waals surface area contributed by atoms with E-state index in [0.29, 0.717) is 12.3 Å². The number of carboxylic acids is 1. The van der Waals surface area contributed by atoms with Crippen LogP contribution in [0.15, 0.2) is 18.2 Å². The fourth-order valence-corrected chi connectivity index (χ4v) is 3.07. The van der Waals surface area contributed by atoms with Gasteiger partial charge in [0.25, 0.3) is 0 Å². The second-order valence-electron chi connectivity index (χ2n) is 5.52. The number of nitrogens with zero attached hydrogens (tertiary/aromatic N) is 1. The lowest BCUT2D eigenvalue weighted by atomic mass is 9.86. The predicted octanol–water partition coefficient (Wildman–Crippen LogP) is 2.17. The van der Waals surface area contributed by atoms with Crippen molar-refractivity contribution >= 4 is 17.6 Å². The van der Waals surface area contributed by atoms with Crippen LogP contribution in [0.2, 0.25) is 0 Å². The summed E-state index contributed by atoms with van der Waals surface area (Å²) in [5.74, 6) is -0.130. The van der Waals surface area contributed by atoms with Gasteiger partial charge in [-0.2, -0.15) is 0 Å². The molecule has 1 heterocycles. The van der Waals surface area contributed by atoms with E-state index in [-0.39, 0.29) is 18.2 Å². The highest BCUT2D eigenvalue weighted by Gasteiger charge is 2.37. The maximum Gasteiger partial charge on any atom is 0.303 e. The minimum absolute atomic E-state index is 0.0618. The number of amides is 1. The highest BCUT2D eigenvalue weighted by atomic mass is 16.4. The molecule has 1 amide bonds. The molecule has 1 aromatic carbocycles. The standard InChI is InChI=1S/C15H17NO3/c1-16-13-4-2-3-10(12(13)7-14(16)17)11(8-15(18)19)9-5-6-9/h2-4,9,11H,5-8H2,1H3,(H,18,19). The van der Waals surface area contributed by atoms with Crippen LogP contribution in [0.1, 0.15) is 36.3 Å². The molecule has 0 aromatic heterocycles. The van der Waals surface area contributed by atoms with E-state index in [1.54, 1.807) is 11.9 Å². The average molecular weight is 259 g/mol. The summed E-state index contributed by atoms with van der Waals surface area (Å²) in [4.78, 5) is 24.6. The summed E-state index contributed by atoms with van der Waals surface area (Å²) in [5.41, 5.74) is 3.05. The zero-order chi connectivity index (χ0) is 13.6. The van der Waals surface area contributed by atoms with Crippen molar-refractivity contribution in [2.75, 3.05) is 11.9 Å². The summed E-state index contributed by atoms with van der Waals surface area (Å²) in [6.45, 7) is 0. The number of rotatable bonds is 4. The Morgan fingerprint density at radius 2 is 2.21 bits per heavy atom. The van der Waals surface area contributed by atoms with Gasteiger partial charge in [0.15, 0.2) is 0 Å². The topological polar surface area (TPSA) is 57.6 Å². The fourth-order valence-electron chi connectivity index (χ4n) is 3.07. The van der Waals surface area contributed by atoms with Crippen LogP contribution in [-0.4, -0.2) is 24.0 Å². The molecule has 1 aliphatic carbocycles. The number of hydrogen-bond donors (Lipinski definition) is 1. The van der Waals surface area contributed by atoms with Gasteiger partial charge in [-0.05, 0) is 41.9 Å². The van der Waals surface area contributed by atoms with Gasteiger partial charge in [-0.25, -0.2) is 0 Å². The molecule has 1 atom stereocenters. The molecule has 1 N–H and O–H groups in total. The van der Waals surface area contributed by atoms with E-state index < -0.39 is 5.97 Å². The third-order valence-electron chi connectivity index (χ3n) is 4.24. The summed E-state index contributed by atoms with van der Waals surface area (Å²) >= 11 is 0. The van der Waals surface area contributed by atoms with Crippen molar-refractivity contribution in [3.05, 3.63) is 29.3 Å². The zero-order valence-electron chi connectivity index (χ0n) is 10.9. The SMILES string of the molecule is CN1C(=O)Cc2c(C(CC(=O)O)C3CC3)cccc21. The molecule has 3 rings (SSSR count). The molecule has 100 valence electrons. The molecule has 1 saturated carbocycles. The van der Waals surface area contributed by atoms with Gasteiger partial charge in [0, 0.05) is 12.7 Å². The molecular formula is C15H17NO3. The van der Waals surface area contributed by atoms with E-state index in [9.17, 15) is 9.59 Å². The molecule has 1 aromatic rings. The molecule has 4 nitrogen and oxygen atoms in total. The summed E-state index contributed by atoms with van der Waals surface area (Å²) in [5, 5.41) is 9.10. The molecule has 4 heteroatoms. The summed E-state index contributed by atoms with van der Waals surface area (Å²) in [6.07, 6.45) is 2.78. The van der Waals surface area contributed by atoms with Crippen molar-refractivity contribution in [1.82, 2.24) is 0 Å². The second-order valence-corrected chi connectivity index (χ2v) is 5.52. The van der Waals surface area contributed by atoms with Gasteiger partial charge in [0.2, 0.25) is 5.91 Å². The smallest absolute Gasteiger partial charge is 0.303 e. The highest BCUT2D eigenvalue weighted by Crippen LogP contribution is 2.47. The normalized spacial score (nSPS) is 19.4. The third-order valence-corrected chi connectivity index (χ3v) is 4.24. The number of likely N-dealkylation sites (N-methyl/N-ethyl adjacent to an activating group) is 1. The molecule has 2 aliphatic rings.